The highest BCUT2D eigenvalue weighted by Crippen LogP contribution is 2.22. The molecule has 1 aromatic rings. The number of aromatic nitrogens is 1. The van der Waals surface area contributed by atoms with Crippen LogP contribution in [0.4, 0.5) is 5.82 Å². The SMILES string of the molecule is CCCNc1ncc(C(=O)N2CCCC(OC)C2)cc1Cl. The first-order valence-corrected chi connectivity index (χ1v) is 7.75. The molecule has 0 aliphatic carbocycles. The largest absolute Gasteiger partial charge is 0.380 e. The predicted molar refractivity (Wildman–Crippen MR) is 84.0 cm³/mol. The van der Waals surface area contributed by atoms with Crippen molar-refractivity contribution in [1.29, 1.82) is 0 Å². The lowest BCUT2D eigenvalue weighted by Gasteiger charge is -2.32. The van der Waals surface area contributed by atoms with E-state index in [1.807, 2.05) is 4.90 Å². The number of nitrogens with one attached hydrogen (secondary N) is 1. The molecule has 5 nitrogen and oxygen atoms in total. The van der Waals surface area contributed by atoms with E-state index in [0.29, 0.717) is 22.9 Å². The summed E-state index contributed by atoms with van der Waals surface area (Å²) in [7, 11) is 1.69. The Kier molecular flexibility index (Phi) is 5.82. The first-order chi connectivity index (χ1) is 10.2. The van der Waals surface area contributed by atoms with Gasteiger partial charge >= 0.3 is 0 Å². The average molecular weight is 312 g/mol. The lowest BCUT2D eigenvalue weighted by Crippen LogP contribution is -2.42. The first kappa shape index (κ1) is 16.0. The van der Waals surface area contributed by atoms with E-state index in [1.54, 1.807) is 19.4 Å². The van der Waals surface area contributed by atoms with E-state index in [4.69, 9.17) is 16.3 Å². The smallest absolute Gasteiger partial charge is 0.255 e. The van der Waals surface area contributed by atoms with Gasteiger partial charge in [0.05, 0.1) is 16.7 Å². The second-order valence-electron chi connectivity index (χ2n) is 5.23. The standard InChI is InChI=1S/C15H22ClN3O2/c1-3-6-17-14-13(16)8-11(9-18-14)15(20)19-7-4-5-12(10-19)21-2/h8-9,12H,3-7,10H2,1-2H3,(H,17,18). The molecule has 21 heavy (non-hydrogen) atoms. The number of anilines is 1. The molecule has 2 rings (SSSR count). The van der Waals surface area contributed by atoms with Crippen molar-refractivity contribution >= 4 is 23.3 Å². The minimum atomic E-state index is -0.0341. The molecular weight excluding hydrogens is 290 g/mol. The number of amides is 1. The zero-order valence-corrected chi connectivity index (χ0v) is 13.3. The Morgan fingerprint density at radius 3 is 3.10 bits per heavy atom. The number of rotatable bonds is 5. The molecule has 1 aromatic heterocycles. The molecule has 1 amide bonds. The lowest BCUT2D eigenvalue weighted by molar-refractivity contribution is 0.0268. The van der Waals surface area contributed by atoms with E-state index in [-0.39, 0.29) is 12.0 Å². The second kappa shape index (κ2) is 7.61. The number of carbonyl (C=O) groups excluding carboxylic acids is 1. The fraction of sp³-hybridized carbons (Fsp3) is 0.600. The molecule has 0 aromatic carbocycles. The molecule has 1 aliphatic heterocycles. The Bertz CT molecular complexity index is 496. The summed E-state index contributed by atoms with van der Waals surface area (Å²) in [6.07, 6.45) is 4.66. The summed E-state index contributed by atoms with van der Waals surface area (Å²) in [4.78, 5) is 18.5. The van der Waals surface area contributed by atoms with Crippen molar-refractivity contribution in [2.75, 3.05) is 32.1 Å². The number of piperidine rings is 1. The summed E-state index contributed by atoms with van der Waals surface area (Å²) >= 11 is 6.18. The molecular formula is C15H22ClN3O2. The summed E-state index contributed by atoms with van der Waals surface area (Å²) in [5.74, 6) is 0.594. The number of likely N-dealkylation sites (tertiary alicyclic amines) is 1. The van der Waals surface area contributed by atoms with E-state index in [9.17, 15) is 4.79 Å². The van der Waals surface area contributed by atoms with Crippen molar-refractivity contribution in [3.05, 3.63) is 22.8 Å². The van der Waals surface area contributed by atoms with Gasteiger partial charge in [0.15, 0.2) is 0 Å². The molecule has 1 N–H and O–H groups in total. The highest BCUT2D eigenvalue weighted by Gasteiger charge is 2.24. The summed E-state index contributed by atoms with van der Waals surface area (Å²) < 4.78 is 5.35. The topological polar surface area (TPSA) is 54.5 Å². The number of hydrogen-bond donors (Lipinski definition) is 1. The van der Waals surface area contributed by atoms with Gasteiger partial charge in [-0.2, -0.15) is 0 Å². The van der Waals surface area contributed by atoms with E-state index in [1.165, 1.54) is 0 Å². The fourth-order valence-corrected chi connectivity index (χ4v) is 2.66. The van der Waals surface area contributed by atoms with Gasteiger partial charge in [0, 0.05) is 32.9 Å². The lowest BCUT2D eigenvalue weighted by atomic mass is 10.1. The van der Waals surface area contributed by atoms with Crippen LogP contribution in [0.1, 0.15) is 36.5 Å². The number of carbonyl (C=O) groups is 1. The van der Waals surface area contributed by atoms with E-state index in [2.05, 4.69) is 17.2 Å². The molecule has 0 radical (unpaired) electrons. The molecule has 0 bridgehead atoms. The van der Waals surface area contributed by atoms with Crippen LogP contribution in [0.15, 0.2) is 12.3 Å². The Hall–Kier alpha value is -1.33. The minimum Gasteiger partial charge on any atom is -0.380 e. The van der Waals surface area contributed by atoms with Gasteiger partial charge in [0.1, 0.15) is 5.82 Å². The van der Waals surface area contributed by atoms with E-state index >= 15 is 0 Å². The molecule has 2 heterocycles. The van der Waals surface area contributed by atoms with Gasteiger partial charge in [-0.05, 0) is 25.3 Å². The summed E-state index contributed by atoms with van der Waals surface area (Å²) in [6, 6.07) is 1.69. The molecule has 116 valence electrons. The van der Waals surface area contributed by atoms with Gasteiger partial charge in [-0.1, -0.05) is 18.5 Å². The molecule has 1 fully saturated rings. The minimum absolute atomic E-state index is 0.0341. The van der Waals surface area contributed by atoms with Crippen LogP contribution in [-0.2, 0) is 4.74 Å². The van der Waals surface area contributed by atoms with Crippen LogP contribution in [0.3, 0.4) is 0 Å². The van der Waals surface area contributed by atoms with Crippen molar-refractivity contribution < 1.29 is 9.53 Å². The fourth-order valence-electron chi connectivity index (χ4n) is 2.43. The van der Waals surface area contributed by atoms with Crippen molar-refractivity contribution in [1.82, 2.24) is 9.88 Å². The molecule has 1 saturated heterocycles. The van der Waals surface area contributed by atoms with Crippen molar-refractivity contribution in [2.24, 2.45) is 0 Å². The van der Waals surface area contributed by atoms with Gasteiger partial charge < -0.3 is 15.0 Å². The molecule has 1 aliphatic rings. The predicted octanol–water partition coefficient (Wildman–Crippen LogP) is 2.81. The Balaban J connectivity index is 2.07. The maximum atomic E-state index is 12.5. The van der Waals surface area contributed by atoms with Crippen LogP contribution in [0.5, 0.6) is 0 Å². The monoisotopic (exact) mass is 311 g/mol. The van der Waals surface area contributed by atoms with Crippen molar-refractivity contribution in [3.8, 4) is 0 Å². The number of hydrogen-bond acceptors (Lipinski definition) is 4. The van der Waals surface area contributed by atoms with Crippen LogP contribution in [0.25, 0.3) is 0 Å². The van der Waals surface area contributed by atoms with Crippen LogP contribution in [0, 0.1) is 0 Å². The van der Waals surface area contributed by atoms with Crippen LogP contribution >= 0.6 is 11.6 Å². The molecule has 1 atom stereocenters. The van der Waals surface area contributed by atoms with Gasteiger partial charge in [0.25, 0.3) is 5.91 Å². The number of nitrogens with zero attached hydrogens (tertiary/aromatic N) is 2. The van der Waals surface area contributed by atoms with Crippen LogP contribution in [0.2, 0.25) is 5.02 Å². The summed E-state index contributed by atoms with van der Waals surface area (Å²) in [6.45, 7) is 4.26. The normalized spacial score (nSPS) is 18.6. The Labute approximate surface area is 130 Å². The van der Waals surface area contributed by atoms with Gasteiger partial charge in [0.2, 0.25) is 0 Å². The second-order valence-corrected chi connectivity index (χ2v) is 5.64. The zero-order chi connectivity index (χ0) is 15.2. The van der Waals surface area contributed by atoms with Gasteiger partial charge in [-0.25, -0.2) is 4.98 Å². The molecule has 6 heteroatoms. The van der Waals surface area contributed by atoms with Gasteiger partial charge in [-0.3, -0.25) is 4.79 Å². The quantitative estimate of drug-likeness (QED) is 0.908. The third-order valence-corrected chi connectivity index (χ3v) is 3.92. The van der Waals surface area contributed by atoms with Crippen molar-refractivity contribution in [3.63, 3.8) is 0 Å². The highest BCUT2D eigenvalue weighted by atomic mass is 35.5. The number of methoxy groups -OCH3 is 1. The van der Waals surface area contributed by atoms with E-state index < -0.39 is 0 Å². The van der Waals surface area contributed by atoms with Crippen LogP contribution in [-0.4, -0.2) is 48.6 Å². The summed E-state index contributed by atoms with van der Waals surface area (Å²) in [5, 5.41) is 3.62. The maximum absolute atomic E-state index is 12.5. The Morgan fingerprint density at radius 1 is 1.62 bits per heavy atom. The van der Waals surface area contributed by atoms with Crippen molar-refractivity contribution in [2.45, 2.75) is 32.3 Å². The number of ether oxygens (including phenoxy) is 1. The molecule has 0 saturated carbocycles. The highest BCUT2D eigenvalue weighted by molar-refractivity contribution is 6.33. The average Bonchev–Trinajstić information content (AvgIpc) is 2.53. The first-order valence-electron chi connectivity index (χ1n) is 7.37. The molecule has 1 unspecified atom stereocenters. The van der Waals surface area contributed by atoms with Gasteiger partial charge in [-0.15, -0.1) is 0 Å². The third kappa shape index (κ3) is 4.08. The summed E-state index contributed by atoms with van der Waals surface area (Å²) in [5.41, 5.74) is 0.527. The number of pyridine rings is 1. The third-order valence-electron chi connectivity index (χ3n) is 3.63. The zero-order valence-electron chi connectivity index (χ0n) is 12.6. The number of halogens is 1. The Morgan fingerprint density at radius 2 is 2.43 bits per heavy atom. The van der Waals surface area contributed by atoms with E-state index in [0.717, 1.165) is 32.4 Å². The maximum Gasteiger partial charge on any atom is 0.255 e. The molecule has 0 spiro atoms. The van der Waals surface area contributed by atoms with Crippen LogP contribution < -0.4 is 5.32 Å².